The molecule has 2 aromatic carbocycles. The predicted octanol–water partition coefficient (Wildman–Crippen LogP) is 5.05. The number of nitrogens with zero attached hydrogens (tertiary/aromatic N) is 2. The number of hydrogen-bond donors (Lipinski definition) is 0. The second-order valence-electron chi connectivity index (χ2n) is 5.98. The molecule has 0 bridgehead atoms. The minimum Gasteiger partial charge on any atom is -0.330 e. The Labute approximate surface area is 155 Å². The van der Waals surface area contributed by atoms with Crippen LogP contribution in [0.5, 0.6) is 0 Å². The zero-order valence-electron chi connectivity index (χ0n) is 14.3. The number of carbonyl (C=O) groups is 1. The van der Waals surface area contributed by atoms with Crippen LogP contribution >= 0.6 is 11.3 Å². The fourth-order valence-corrected chi connectivity index (χ4v) is 3.98. The first-order valence-corrected chi connectivity index (χ1v) is 8.93. The molecule has 0 N–H and O–H groups in total. The lowest BCUT2D eigenvalue weighted by Gasteiger charge is -2.21. The maximum absolute atomic E-state index is 13.5. The molecule has 1 heterocycles. The highest BCUT2D eigenvalue weighted by Crippen LogP contribution is 2.32. The molecule has 1 aromatic heterocycles. The van der Waals surface area contributed by atoms with Crippen molar-refractivity contribution in [2.45, 2.75) is 13.5 Å². The Morgan fingerprint density at radius 2 is 2.04 bits per heavy atom. The quantitative estimate of drug-likeness (QED) is 0.595. The summed E-state index contributed by atoms with van der Waals surface area (Å²) in [6.45, 7) is 6.40. The van der Waals surface area contributed by atoms with Crippen LogP contribution in [0.2, 0.25) is 0 Å². The zero-order chi connectivity index (χ0) is 18.7. The van der Waals surface area contributed by atoms with Crippen molar-refractivity contribution in [1.29, 1.82) is 5.26 Å². The van der Waals surface area contributed by atoms with E-state index in [0.717, 1.165) is 21.2 Å². The Morgan fingerprint density at radius 3 is 2.69 bits per heavy atom. The van der Waals surface area contributed by atoms with Crippen molar-refractivity contribution in [3.63, 3.8) is 0 Å². The van der Waals surface area contributed by atoms with Crippen molar-refractivity contribution >= 4 is 27.3 Å². The molecule has 0 fully saturated rings. The lowest BCUT2D eigenvalue weighted by molar-refractivity contribution is 0.0767. The molecule has 1 amide bonds. The third-order valence-corrected chi connectivity index (χ3v) is 5.45. The first-order chi connectivity index (χ1) is 12.5. The van der Waals surface area contributed by atoms with Crippen molar-refractivity contribution in [2.75, 3.05) is 6.54 Å². The second-order valence-corrected chi connectivity index (χ2v) is 7.03. The molecular formula is C21H17FN2OS. The van der Waals surface area contributed by atoms with E-state index in [-0.39, 0.29) is 11.7 Å². The standard InChI is InChI=1S/C21H17FN2OS/c1-3-10-24(13-16-6-4-15(12-23)5-7-16)21(25)20-14(2)18-11-17(22)8-9-19(18)26-20/h3-9,11H,1,10,13H2,2H3. The van der Waals surface area contributed by atoms with Gasteiger partial charge in [-0.15, -0.1) is 17.9 Å². The summed E-state index contributed by atoms with van der Waals surface area (Å²) >= 11 is 1.38. The highest BCUT2D eigenvalue weighted by Gasteiger charge is 2.21. The highest BCUT2D eigenvalue weighted by molar-refractivity contribution is 7.21. The van der Waals surface area contributed by atoms with Crippen LogP contribution in [0, 0.1) is 24.1 Å². The lowest BCUT2D eigenvalue weighted by Crippen LogP contribution is -2.30. The molecule has 5 heteroatoms. The molecule has 26 heavy (non-hydrogen) atoms. The smallest absolute Gasteiger partial charge is 0.264 e. The molecular weight excluding hydrogens is 347 g/mol. The van der Waals surface area contributed by atoms with Gasteiger partial charge >= 0.3 is 0 Å². The molecule has 0 saturated heterocycles. The van der Waals surface area contributed by atoms with Gasteiger partial charge in [-0.3, -0.25) is 4.79 Å². The second kappa shape index (κ2) is 7.51. The number of halogens is 1. The Balaban J connectivity index is 1.92. The Hall–Kier alpha value is -2.97. The van der Waals surface area contributed by atoms with Gasteiger partial charge in [0, 0.05) is 17.8 Å². The van der Waals surface area contributed by atoms with Crippen LogP contribution in [0.4, 0.5) is 4.39 Å². The number of amides is 1. The molecule has 0 unspecified atom stereocenters. The van der Waals surface area contributed by atoms with Crippen LogP contribution in [0.25, 0.3) is 10.1 Å². The third kappa shape index (κ3) is 3.51. The van der Waals surface area contributed by atoms with Crippen LogP contribution in [0.1, 0.15) is 26.4 Å². The van der Waals surface area contributed by atoms with Crippen molar-refractivity contribution in [3.05, 3.63) is 82.5 Å². The van der Waals surface area contributed by atoms with Gasteiger partial charge < -0.3 is 4.90 Å². The van der Waals surface area contributed by atoms with E-state index in [0.29, 0.717) is 23.5 Å². The minimum atomic E-state index is -0.307. The summed E-state index contributed by atoms with van der Waals surface area (Å²) in [6.07, 6.45) is 1.68. The number of aryl methyl sites for hydroxylation is 1. The van der Waals surface area contributed by atoms with E-state index < -0.39 is 0 Å². The molecule has 0 spiro atoms. The molecule has 0 aliphatic carbocycles. The van der Waals surface area contributed by atoms with Crippen molar-refractivity contribution in [1.82, 2.24) is 4.90 Å². The largest absolute Gasteiger partial charge is 0.330 e. The van der Waals surface area contributed by atoms with Gasteiger partial charge in [-0.1, -0.05) is 18.2 Å². The van der Waals surface area contributed by atoms with E-state index in [9.17, 15) is 9.18 Å². The summed E-state index contributed by atoms with van der Waals surface area (Å²) in [7, 11) is 0. The summed E-state index contributed by atoms with van der Waals surface area (Å²) in [5.74, 6) is -0.411. The minimum absolute atomic E-state index is 0.103. The third-order valence-electron chi connectivity index (χ3n) is 4.19. The monoisotopic (exact) mass is 364 g/mol. The summed E-state index contributed by atoms with van der Waals surface area (Å²) in [6, 6.07) is 13.8. The fourth-order valence-electron chi connectivity index (χ4n) is 2.82. The van der Waals surface area contributed by atoms with Gasteiger partial charge in [-0.05, 0) is 53.8 Å². The Kier molecular flexibility index (Phi) is 5.15. The first-order valence-electron chi connectivity index (χ1n) is 8.11. The molecule has 0 radical (unpaired) electrons. The number of nitriles is 1. The van der Waals surface area contributed by atoms with Crippen LogP contribution < -0.4 is 0 Å². The van der Waals surface area contributed by atoms with Crippen LogP contribution in [0.15, 0.2) is 55.1 Å². The van der Waals surface area contributed by atoms with Gasteiger partial charge in [0.25, 0.3) is 5.91 Å². The van der Waals surface area contributed by atoms with E-state index in [1.807, 2.05) is 19.1 Å². The van der Waals surface area contributed by atoms with Gasteiger partial charge in [0.1, 0.15) is 5.82 Å². The molecule has 3 nitrogen and oxygen atoms in total. The summed E-state index contributed by atoms with van der Waals surface area (Å²) < 4.78 is 14.4. The summed E-state index contributed by atoms with van der Waals surface area (Å²) in [5, 5.41) is 9.67. The zero-order valence-corrected chi connectivity index (χ0v) is 15.1. The molecule has 0 aliphatic heterocycles. The van der Waals surface area contributed by atoms with E-state index in [1.165, 1.54) is 23.5 Å². The van der Waals surface area contributed by atoms with E-state index >= 15 is 0 Å². The van der Waals surface area contributed by atoms with Crippen LogP contribution in [-0.2, 0) is 6.54 Å². The average Bonchev–Trinajstić information content (AvgIpc) is 2.97. The van der Waals surface area contributed by atoms with E-state index in [4.69, 9.17) is 5.26 Å². The Morgan fingerprint density at radius 1 is 1.31 bits per heavy atom. The topological polar surface area (TPSA) is 44.1 Å². The molecule has 3 aromatic rings. The van der Waals surface area contributed by atoms with Crippen molar-refractivity contribution in [3.8, 4) is 6.07 Å². The number of thiophene rings is 1. The lowest BCUT2D eigenvalue weighted by atomic mass is 10.1. The molecule has 0 aliphatic rings. The number of rotatable bonds is 5. The van der Waals surface area contributed by atoms with Crippen LogP contribution in [-0.4, -0.2) is 17.4 Å². The van der Waals surface area contributed by atoms with Gasteiger partial charge in [-0.2, -0.15) is 5.26 Å². The predicted molar refractivity (Wildman–Crippen MR) is 103 cm³/mol. The van der Waals surface area contributed by atoms with E-state index in [2.05, 4.69) is 12.6 Å². The number of benzene rings is 2. The van der Waals surface area contributed by atoms with E-state index in [1.54, 1.807) is 29.2 Å². The number of carbonyl (C=O) groups excluding carboxylic acids is 1. The molecule has 0 atom stereocenters. The SMILES string of the molecule is C=CCN(Cc1ccc(C#N)cc1)C(=O)c1sc2ccc(F)cc2c1C. The average molecular weight is 364 g/mol. The molecule has 130 valence electrons. The first kappa shape index (κ1) is 17.8. The summed E-state index contributed by atoms with van der Waals surface area (Å²) in [4.78, 5) is 15.4. The van der Waals surface area contributed by atoms with Gasteiger partial charge in [0.2, 0.25) is 0 Å². The summed E-state index contributed by atoms with van der Waals surface area (Å²) in [5.41, 5.74) is 2.31. The number of fused-ring (bicyclic) bond motifs is 1. The van der Waals surface area contributed by atoms with Crippen molar-refractivity contribution in [2.24, 2.45) is 0 Å². The number of hydrogen-bond acceptors (Lipinski definition) is 3. The maximum Gasteiger partial charge on any atom is 0.264 e. The Bertz CT molecular complexity index is 1010. The normalized spacial score (nSPS) is 10.5. The van der Waals surface area contributed by atoms with Crippen molar-refractivity contribution < 1.29 is 9.18 Å². The fraction of sp³-hybridized carbons (Fsp3) is 0.143. The highest BCUT2D eigenvalue weighted by atomic mass is 32.1. The van der Waals surface area contributed by atoms with Gasteiger partial charge in [-0.25, -0.2) is 4.39 Å². The molecule has 3 rings (SSSR count). The van der Waals surface area contributed by atoms with Crippen LogP contribution in [0.3, 0.4) is 0 Å². The molecule has 0 saturated carbocycles. The maximum atomic E-state index is 13.5. The van der Waals surface area contributed by atoms with Gasteiger partial charge in [0.05, 0.1) is 16.5 Å². The van der Waals surface area contributed by atoms with Gasteiger partial charge in [0.15, 0.2) is 0 Å².